The van der Waals surface area contributed by atoms with Gasteiger partial charge in [-0.2, -0.15) is 0 Å². The Balaban J connectivity index is 1.03. The summed E-state index contributed by atoms with van der Waals surface area (Å²) in [6.45, 7) is 7.47. The van der Waals surface area contributed by atoms with Gasteiger partial charge in [-0.1, -0.05) is 81.1 Å². The van der Waals surface area contributed by atoms with E-state index >= 15 is 0 Å². The van der Waals surface area contributed by atoms with Crippen LogP contribution in [0.3, 0.4) is 0 Å². The average molecular weight is 630 g/mol. The zero-order valence-corrected chi connectivity index (χ0v) is 26.8. The van der Waals surface area contributed by atoms with E-state index in [-0.39, 0.29) is 25.1 Å². The number of amides is 1. The highest BCUT2D eigenvalue weighted by Gasteiger charge is 2.28. The van der Waals surface area contributed by atoms with Gasteiger partial charge in [0.2, 0.25) is 0 Å². The topological polar surface area (TPSA) is 111 Å². The van der Waals surface area contributed by atoms with Gasteiger partial charge in [-0.25, -0.2) is 4.79 Å². The Morgan fingerprint density at radius 2 is 1.09 bits per heavy atom. The molecule has 0 unspecified atom stereocenters. The minimum atomic E-state index is -0.452. The Morgan fingerprint density at radius 3 is 1.64 bits per heavy atom. The highest BCUT2D eigenvalue weighted by Crippen LogP contribution is 2.44. The fourth-order valence-electron chi connectivity index (χ4n) is 5.02. The Labute approximate surface area is 268 Å². The number of unbranched alkanes of at least 4 members (excludes halogenated alkanes) is 4. The molecule has 2 aromatic rings. The van der Waals surface area contributed by atoms with Crippen molar-refractivity contribution in [3.63, 3.8) is 0 Å². The molecule has 0 heterocycles. The van der Waals surface area contributed by atoms with Crippen molar-refractivity contribution >= 4 is 12.1 Å². The molecule has 0 aromatic heterocycles. The second-order valence-corrected chi connectivity index (χ2v) is 10.7. The molecule has 0 spiro atoms. The van der Waals surface area contributed by atoms with Crippen molar-refractivity contribution in [3.05, 3.63) is 59.7 Å². The van der Waals surface area contributed by atoms with E-state index in [1.165, 1.54) is 41.5 Å². The van der Waals surface area contributed by atoms with Crippen molar-refractivity contribution in [3.8, 4) is 11.1 Å². The number of benzene rings is 2. The number of carbonyl (C=O) groups excluding carboxylic acids is 2. The first-order valence-corrected chi connectivity index (χ1v) is 16.3. The van der Waals surface area contributed by atoms with Crippen LogP contribution >= 0.6 is 0 Å². The van der Waals surface area contributed by atoms with E-state index in [1.807, 2.05) is 24.3 Å². The number of nitrogens with one attached hydrogen (secondary N) is 1. The monoisotopic (exact) mass is 629 g/mol. The maximum absolute atomic E-state index is 12.2. The minimum Gasteiger partial charge on any atom is -0.463 e. The van der Waals surface area contributed by atoms with Gasteiger partial charge >= 0.3 is 12.1 Å². The van der Waals surface area contributed by atoms with Gasteiger partial charge in [0.25, 0.3) is 0 Å². The molecule has 10 nitrogen and oxygen atoms in total. The summed E-state index contributed by atoms with van der Waals surface area (Å²) in [5, 5.41) is 2.74. The number of rotatable bonds is 26. The van der Waals surface area contributed by atoms with Gasteiger partial charge in [0.15, 0.2) is 0 Å². The first kappa shape index (κ1) is 36.4. The molecule has 1 amide bonds. The molecule has 1 N–H and O–H groups in total. The number of hydrogen-bond acceptors (Lipinski definition) is 9. The standard InChI is InChI=1S/C35H51NO9/c1-2-3-4-5-6-15-34(37)44-27-26-43-25-24-42-23-22-41-21-20-40-19-18-39-17-16-36-35(38)45-28-33-31-13-9-7-11-29(31)30-12-8-10-14-32(30)33/h7-14,33H,2-6,15-28H2,1H3,(H,36,38). The molecule has 0 aliphatic heterocycles. The Hall–Kier alpha value is -3.02. The molecule has 250 valence electrons. The van der Waals surface area contributed by atoms with Gasteiger partial charge in [-0.15, -0.1) is 0 Å². The van der Waals surface area contributed by atoms with E-state index in [9.17, 15) is 9.59 Å². The fraction of sp³-hybridized carbons (Fsp3) is 0.600. The molecular formula is C35H51NO9. The summed E-state index contributed by atoms with van der Waals surface area (Å²) in [5.74, 6) is -0.113. The summed E-state index contributed by atoms with van der Waals surface area (Å²) in [7, 11) is 0. The molecule has 0 radical (unpaired) electrons. The van der Waals surface area contributed by atoms with Crippen LogP contribution < -0.4 is 5.32 Å². The van der Waals surface area contributed by atoms with Gasteiger partial charge in [0, 0.05) is 18.9 Å². The Morgan fingerprint density at radius 1 is 0.600 bits per heavy atom. The van der Waals surface area contributed by atoms with Crippen LogP contribution in [0.15, 0.2) is 48.5 Å². The van der Waals surface area contributed by atoms with Gasteiger partial charge in [0.05, 0.1) is 66.1 Å². The second kappa shape index (κ2) is 23.3. The molecule has 0 saturated carbocycles. The van der Waals surface area contributed by atoms with Crippen LogP contribution in [0.5, 0.6) is 0 Å². The van der Waals surface area contributed by atoms with Crippen molar-refractivity contribution in [2.24, 2.45) is 0 Å². The van der Waals surface area contributed by atoms with Crippen molar-refractivity contribution in [1.29, 1.82) is 0 Å². The van der Waals surface area contributed by atoms with E-state index in [0.717, 1.165) is 12.8 Å². The minimum absolute atomic E-state index is 0.0394. The third-order valence-corrected chi connectivity index (χ3v) is 7.32. The summed E-state index contributed by atoms with van der Waals surface area (Å²) in [6.07, 6.45) is 5.60. The molecule has 2 aromatic carbocycles. The number of alkyl carbamates (subject to hydrolysis) is 1. The zero-order valence-electron chi connectivity index (χ0n) is 26.8. The number of carbonyl (C=O) groups is 2. The third kappa shape index (κ3) is 14.7. The summed E-state index contributed by atoms with van der Waals surface area (Å²) < 4.78 is 38.0. The van der Waals surface area contributed by atoms with Gasteiger partial charge in [0.1, 0.15) is 13.2 Å². The molecule has 45 heavy (non-hydrogen) atoms. The van der Waals surface area contributed by atoms with Crippen molar-refractivity contribution < 1.29 is 42.7 Å². The SMILES string of the molecule is CCCCCCCC(=O)OCCOCCOCCOCCOCCOCCNC(=O)OCC1c2ccccc2-c2ccccc21. The fourth-order valence-corrected chi connectivity index (χ4v) is 5.02. The van der Waals surface area contributed by atoms with E-state index < -0.39 is 6.09 Å². The molecule has 0 saturated heterocycles. The smallest absolute Gasteiger partial charge is 0.407 e. The molecule has 10 heteroatoms. The molecular weight excluding hydrogens is 578 g/mol. The molecule has 0 atom stereocenters. The van der Waals surface area contributed by atoms with Crippen molar-refractivity contribution in [2.75, 3.05) is 85.8 Å². The Bertz CT molecular complexity index is 1050. The summed E-state index contributed by atoms with van der Waals surface area (Å²) >= 11 is 0. The van der Waals surface area contributed by atoms with Gasteiger partial charge < -0.3 is 38.5 Å². The third-order valence-electron chi connectivity index (χ3n) is 7.32. The number of fused-ring (bicyclic) bond motifs is 3. The molecule has 3 rings (SSSR count). The summed E-state index contributed by atoms with van der Waals surface area (Å²) in [4.78, 5) is 23.8. The zero-order chi connectivity index (χ0) is 31.8. The lowest BCUT2D eigenvalue weighted by Crippen LogP contribution is -2.29. The van der Waals surface area contributed by atoms with Crippen LogP contribution in [0.4, 0.5) is 4.79 Å². The maximum Gasteiger partial charge on any atom is 0.407 e. The van der Waals surface area contributed by atoms with Crippen LogP contribution in [-0.2, 0) is 38.0 Å². The number of esters is 1. The highest BCUT2D eigenvalue weighted by molar-refractivity contribution is 5.79. The van der Waals surface area contributed by atoms with Crippen molar-refractivity contribution in [2.45, 2.75) is 51.4 Å². The average Bonchev–Trinajstić information content (AvgIpc) is 3.38. The predicted molar refractivity (Wildman–Crippen MR) is 172 cm³/mol. The van der Waals surface area contributed by atoms with Gasteiger partial charge in [-0.3, -0.25) is 4.79 Å². The van der Waals surface area contributed by atoms with E-state index in [2.05, 4.69) is 36.5 Å². The Kier molecular flexibility index (Phi) is 18.9. The van der Waals surface area contributed by atoms with Gasteiger partial charge in [-0.05, 0) is 28.7 Å². The summed E-state index contributed by atoms with van der Waals surface area (Å²) in [5.41, 5.74) is 4.78. The highest BCUT2D eigenvalue weighted by atomic mass is 16.6. The second-order valence-electron chi connectivity index (χ2n) is 10.7. The van der Waals surface area contributed by atoms with E-state index in [4.69, 9.17) is 33.2 Å². The van der Waals surface area contributed by atoms with E-state index in [1.54, 1.807) is 0 Å². The number of hydrogen-bond donors (Lipinski definition) is 1. The lowest BCUT2D eigenvalue weighted by atomic mass is 9.98. The molecule has 1 aliphatic carbocycles. The largest absolute Gasteiger partial charge is 0.463 e. The van der Waals surface area contributed by atoms with E-state index in [0.29, 0.717) is 79.0 Å². The first-order valence-electron chi connectivity index (χ1n) is 16.3. The molecule has 0 bridgehead atoms. The quantitative estimate of drug-likeness (QED) is 0.106. The van der Waals surface area contributed by atoms with Crippen molar-refractivity contribution in [1.82, 2.24) is 5.32 Å². The van der Waals surface area contributed by atoms with Crippen LogP contribution in [0.2, 0.25) is 0 Å². The lowest BCUT2D eigenvalue weighted by Gasteiger charge is -2.14. The number of ether oxygens (including phenoxy) is 7. The lowest BCUT2D eigenvalue weighted by molar-refractivity contribution is -0.145. The maximum atomic E-state index is 12.2. The molecule has 1 aliphatic rings. The first-order chi connectivity index (χ1) is 22.2. The van der Waals surface area contributed by atoms with Crippen LogP contribution in [0.25, 0.3) is 11.1 Å². The van der Waals surface area contributed by atoms with Crippen LogP contribution in [0.1, 0.15) is 62.5 Å². The van der Waals surface area contributed by atoms with Crippen LogP contribution in [0, 0.1) is 0 Å². The normalized spacial score (nSPS) is 12.1. The predicted octanol–water partition coefficient (Wildman–Crippen LogP) is 5.51. The van der Waals surface area contributed by atoms with Crippen LogP contribution in [-0.4, -0.2) is 97.9 Å². The molecule has 0 fully saturated rings. The summed E-state index contributed by atoms with van der Waals surface area (Å²) in [6, 6.07) is 16.5.